The Bertz CT molecular complexity index is 425. The molecule has 0 saturated carbocycles. The summed E-state index contributed by atoms with van der Waals surface area (Å²) in [4.78, 5) is 0. The quantitative estimate of drug-likeness (QED) is 0.891. The Hall–Kier alpha value is -1.22. The summed E-state index contributed by atoms with van der Waals surface area (Å²) in [5, 5.41) is 3.70. The fraction of sp³-hybridized carbons (Fsp3) is 0.600. The first-order valence-electron chi connectivity index (χ1n) is 6.99. The Kier molecular flexibility index (Phi) is 3.16. The first-order valence-corrected chi connectivity index (χ1v) is 6.99. The van der Waals surface area contributed by atoms with E-state index in [0.29, 0.717) is 13.2 Å². The van der Waals surface area contributed by atoms with Crippen molar-refractivity contribution in [3.8, 4) is 11.5 Å². The number of benzene rings is 1. The second-order valence-electron chi connectivity index (χ2n) is 5.22. The summed E-state index contributed by atoms with van der Waals surface area (Å²) >= 11 is 0. The zero-order valence-electron chi connectivity index (χ0n) is 11.0. The van der Waals surface area contributed by atoms with Gasteiger partial charge in [-0.05, 0) is 43.5 Å². The van der Waals surface area contributed by atoms with Gasteiger partial charge >= 0.3 is 0 Å². The van der Waals surface area contributed by atoms with Crippen LogP contribution in [-0.2, 0) is 5.54 Å². The van der Waals surface area contributed by atoms with Gasteiger partial charge in [0.25, 0.3) is 0 Å². The van der Waals surface area contributed by atoms with Crippen molar-refractivity contribution in [3.63, 3.8) is 0 Å². The minimum Gasteiger partial charge on any atom is -0.486 e. The highest BCUT2D eigenvalue weighted by molar-refractivity contribution is 5.46. The molecular formula is C15H21NO2. The van der Waals surface area contributed by atoms with Crippen molar-refractivity contribution in [2.75, 3.05) is 19.8 Å². The fourth-order valence-corrected chi connectivity index (χ4v) is 3.18. The zero-order valence-corrected chi connectivity index (χ0v) is 11.0. The van der Waals surface area contributed by atoms with Crippen molar-refractivity contribution in [3.05, 3.63) is 23.8 Å². The lowest BCUT2D eigenvalue weighted by molar-refractivity contribution is 0.171. The van der Waals surface area contributed by atoms with E-state index < -0.39 is 0 Å². The molecule has 1 aromatic rings. The maximum atomic E-state index is 5.69. The molecule has 3 nitrogen and oxygen atoms in total. The molecule has 3 heteroatoms. The smallest absolute Gasteiger partial charge is 0.161 e. The van der Waals surface area contributed by atoms with Gasteiger partial charge in [0, 0.05) is 5.54 Å². The van der Waals surface area contributed by atoms with Gasteiger partial charge in [-0.25, -0.2) is 0 Å². The van der Waals surface area contributed by atoms with Crippen LogP contribution in [0.15, 0.2) is 18.2 Å². The molecule has 18 heavy (non-hydrogen) atoms. The van der Waals surface area contributed by atoms with E-state index >= 15 is 0 Å². The van der Waals surface area contributed by atoms with Gasteiger partial charge in [-0.2, -0.15) is 0 Å². The Morgan fingerprint density at radius 1 is 1.22 bits per heavy atom. The van der Waals surface area contributed by atoms with E-state index in [9.17, 15) is 0 Å². The van der Waals surface area contributed by atoms with Gasteiger partial charge in [-0.15, -0.1) is 0 Å². The van der Waals surface area contributed by atoms with E-state index in [-0.39, 0.29) is 5.54 Å². The largest absolute Gasteiger partial charge is 0.486 e. The second kappa shape index (κ2) is 4.81. The molecule has 0 bridgehead atoms. The third-order valence-electron chi connectivity index (χ3n) is 4.02. The number of hydrogen-bond donors (Lipinski definition) is 1. The maximum absolute atomic E-state index is 5.69. The molecule has 2 heterocycles. The molecule has 1 unspecified atom stereocenters. The monoisotopic (exact) mass is 247 g/mol. The van der Waals surface area contributed by atoms with Gasteiger partial charge in [-0.3, -0.25) is 0 Å². The van der Waals surface area contributed by atoms with Gasteiger partial charge in [0.2, 0.25) is 0 Å². The van der Waals surface area contributed by atoms with Crippen molar-refractivity contribution in [1.82, 2.24) is 5.32 Å². The molecule has 2 aliphatic rings. The average Bonchev–Trinajstić information content (AvgIpc) is 2.88. The molecule has 0 aromatic heterocycles. The number of hydrogen-bond acceptors (Lipinski definition) is 3. The molecule has 2 aliphatic heterocycles. The topological polar surface area (TPSA) is 30.5 Å². The molecule has 1 N–H and O–H groups in total. The van der Waals surface area contributed by atoms with Crippen molar-refractivity contribution < 1.29 is 9.47 Å². The third-order valence-corrected chi connectivity index (χ3v) is 4.02. The summed E-state index contributed by atoms with van der Waals surface area (Å²) in [6.07, 6.45) is 4.86. The minimum absolute atomic E-state index is 0.157. The van der Waals surface area contributed by atoms with Gasteiger partial charge in [0.05, 0.1) is 0 Å². The SMILES string of the molecule is CCCC1(c2ccc3c(c2)OCCO3)CCCN1. The maximum Gasteiger partial charge on any atom is 0.161 e. The molecule has 0 spiro atoms. The molecule has 0 radical (unpaired) electrons. The van der Waals surface area contributed by atoms with Gasteiger partial charge in [0.1, 0.15) is 13.2 Å². The number of rotatable bonds is 3. The second-order valence-corrected chi connectivity index (χ2v) is 5.22. The van der Waals surface area contributed by atoms with Crippen LogP contribution >= 0.6 is 0 Å². The summed E-state index contributed by atoms with van der Waals surface area (Å²) in [7, 11) is 0. The van der Waals surface area contributed by atoms with Crippen LogP contribution < -0.4 is 14.8 Å². The Balaban J connectivity index is 1.94. The van der Waals surface area contributed by atoms with Crippen molar-refractivity contribution >= 4 is 0 Å². The minimum atomic E-state index is 0.157. The summed E-state index contributed by atoms with van der Waals surface area (Å²) in [5.41, 5.74) is 1.51. The fourth-order valence-electron chi connectivity index (χ4n) is 3.18. The van der Waals surface area contributed by atoms with Gasteiger partial charge in [0.15, 0.2) is 11.5 Å². The third kappa shape index (κ3) is 1.97. The van der Waals surface area contributed by atoms with E-state index in [1.165, 1.54) is 31.2 Å². The molecule has 98 valence electrons. The van der Waals surface area contributed by atoms with E-state index in [0.717, 1.165) is 18.0 Å². The van der Waals surface area contributed by atoms with E-state index in [1.54, 1.807) is 0 Å². The lowest BCUT2D eigenvalue weighted by Gasteiger charge is -2.31. The van der Waals surface area contributed by atoms with Crippen molar-refractivity contribution in [1.29, 1.82) is 0 Å². The summed E-state index contributed by atoms with van der Waals surface area (Å²) < 4.78 is 11.3. The van der Waals surface area contributed by atoms with Crippen LogP contribution in [0.5, 0.6) is 11.5 Å². The van der Waals surface area contributed by atoms with Crippen LogP contribution in [-0.4, -0.2) is 19.8 Å². The van der Waals surface area contributed by atoms with Gasteiger partial charge < -0.3 is 14.8 Å². The lowest BCUT2D eigenvalue weighted by Crippen LogP contribution is -2.36. The van der Waals surface area contributed by atoms with Crippen LogP contribution in [0.1, 0.15) is 38.2 Å². The predicted octanol–water partition coefficient (Wildman–Crippen LogP) is 2.84. The summed E-state index contributed by atoms with van der Waals surface area (Å²) in [6.45, 7) is 4.68. The molecule has 1 aromatic carbocycles. The average molecular weight is 247 g/mol. The normalized spacial score (nSPS) is 26.3. The van der Waals surface area contributed by atoms with Crippen molar-refractivity contribution in [2.24, 2.45) is 0 Å². The van der Waals surface area contributed by atoms with Crippen LogP contribution in [0.3, 0.4) is 0 Å². The standard InChI is InChI=1S/C15H21NO2/c1-2-6-15(7-3-8-16-15)12-4-5-13-14(11-12)18-10-9-17-13/h4-5,11,16H,2-3,6-10H2,1H3. The molecule has 1 atom stereocenters. The first kappa shape index (κ1) is 11.8. The molecule has 0 amide bonds. The molecule has 0 aliphatic carbocycles. The van der Waals surface area contributed by atoms with E-state index in [1.807, 2.05) is 0 Å². The molecule has 1 saturated heterocycles. The van der Waals surface area contributed by atoms with Crippen LogP contribution in [0.25, 0.3) is 0 Å². The number of fused-ring (bicyclic) bond motifs is 1. The number of nitrogens with one attached hydrogen (secondary N) is 1. The summed E-state index contributed by atoms with van der Waals surface area (Å²) in [5.74, 6) is 1.79. The highest BCUT2D eigenvalue weighted by Crippen LogP contribution is 2.40. The predicted molar refractivity (Wildman–Crippen MR) is 71.3 cm³/mol. The van der Waals surface area contributed by atoms with Gasteiger partial charge in [-0.1, -0.05) is 19.4 Å². The van der Waals surface area contributed by atoms with Crippen LogP contribution in [0.4, 0.5) is 0 Å². The highest BCUT2D eigenvalue weighted by atomic mass is 16.6. The van der Waals surface area contributed by atoms with Crippen molar-refractivity contribution in [2.45, 2.75) is 38.1 Å². The lowest BCUT2D eigenvalue weighted by atomic mass is 9.84. The Morgan fingerprint density at radius 2 is 2.06 bits per heavy atom. The summed E-state index contributed by atoms with van der Waals surface area (Å²) in [6, 6.07) is 6.42. The molecule has 1 fully saturated rings. The zero-order chi connectivity index (χ0) is 12.4. The number of ether oxygens (including phenoxy) is 2. The van der Waals surface area contributed by atoms with Crippen LogP contribution in [0.2, 0.25) is 0 Å². The highest BCUT2D eigenvalue weighted by Gasteiger charge is 2.35. The van der Waals surface area contributed by atoms with Crippen LogP contribution in [0, 0.1) is 0 Å². The molecule has 3 rings (SSSR count). The van der Waals surface area contributed by atoms with E-state index in [2.05, 4.69) is 30.4 Å². The first-order chi connectivity index (χ1) is 8.84. The van der Waals surface area contributed by atoms with E-state index in [4.69, 9.17) is 9.47 Å². The Morgan fingerprint density at radius 3 is 2.78 bits per heavy atom. The Labute approximate surface area is 108 Å². The molecular weight excluding hydrogens is 226 g/mol.